The lowest BCUT2D eigenvalue weighted by molar-refractivity contribution is 0.0584. The molecule has 106 valence electrons. The van der Waals surface area contributed by atoms with E-state index in [4.69, 9.17) is 5.73 Å². The van der Waals surface area contributed by atoms with Crippen molar-refractivity contribution in [2.24, 2.45) is 5.73 Å². The van der Waals surface area contributed by atoms with E-state index in [2.05, 4.69) is 11.4 Å². The lowest BCUT2D eigenvalue weighted by Crippen LogP contribution is -2.51. The first-order valence-electron chi connectivity index (χ1n) is 7.20. The fourth-order valence-corrected chi connectivity index (χ4v) is 3.79. The average Bonchev–Trinajstić information content (AvgIpc) is 2.93. The molecule has 0 unspecified atom stereocenters. The molecule has 2 aromatic rings. The van der Waals surface area contributed by atoms with Crippen molar-refractivity contribution in [2.75, 3.05) is 6.54 Å². The van der Waals surface area contributed by atoms with Crippen molar-refractivity contribution in [1.82, 2.24) is 4.90 Å². The Morgan fingerprint density at radius 3 is 3.05 bits per heavy atom. The summed E-state index contributed by atoms with van der Waals surface area (Å²) in [5.41, 5.74) is 6.84. The van der Waals surface area contributed by atoms with Crippen LogP contribution in [-0.4, -0.2) is 29.4 Å². The number of nitrogens with two attached hydrogens (primary N) is 1. The predicted molar refractivity (Wildman–Crippen MR) is 84.1 cm³/mol. The maximum Gasteiger partial charge on any atom is 0.254 e. The van der Waals surface area contributed by atoms with Gasteiger partial charge in [-0.05, 0) is 61.2 Å². The number of nitrogens with zero attached hydrogens (tertiary/aromatic N) is 1. The molecule has 0 aliphatic carbocycles. The van der Waals surface area contributed by atoms with Gasteiger partial charge in [0.25, 0.3) is 5.91 Å². The number of piperidine rings is 1. The SMILES string of the molecule is C[C@@H](N)[C@H]1CCCCN1C(=O)c1ccc2sccc2c1. The average molecular weight is 288 g/mol. The zero-order valence-corrected chi connectivity index (χ0v) is 12.5. The van der Waals surface area contributed by atoms with Gasteiger partial charge in [0.2, 0.25) is 0 Å². The quantitative estimate of drug-likeness (QED) is 0.922. The van der Waals surface area contributed by atoms with Crippen molar-refractivity contribution >= 4 is 27.3 Å². The molecule has 1 aromatic heterocycles. The zero-order valence-electron chi connectivity index (χ0n) is 11.7. The fraction of sp³-hybridized carbons (Fsp3) is 0.438. The summed E-state index contributed by atoms with van der Waals surface area (Å²) in [6, 6.07) is 8.25. The summed E-state index contributed by atoms with van der Waals surface area (Å²) in [7, 11) is 0. The third-order valence-corrected chi connectivity index (χ3v) is 5.01. The van der Waals surface area contributed by atoms with Crippen LogP contribution in [0.3, 0.4) is 0 Å². The number of carbonyl (C=O) groups excluding carboxylic acids is 1. The van der Waals surface area contributed by atoms with Crippen LogP contribution < -0.4 is 5.73 Å². The summed E-state index contributed by atoms with van der Waals surface area (Å²) in [6.07, 6.45) is 3.26. The van der Waals surface area contributed by atoms with Crippen molar-refractivity contribution in [2.45, 2.75) is 38.3 Å². The standard InChI is InChI=1S/C16H20N2OS/c1-11(17)14-4-2-3-8-18(14)16(19)13-5-6-15-12(10-13)7-9-20-15/h5-7,9-11,14H,2-4,8,17H2,1H3/t11-,14-/m1/s1. The molecule has 2 atom stereocenters. The Morgan fingerprint density at radius 1 is 1.40 bits per heavy atom. The number of amides is 1. The molecule has 1 amide bonds. The van der Waals surface area contributed by atoms with Gasteiger partial charge >= 0.3 is 0 Å². The Kier molecular flexibility index (Phi) is 3.76. The van der Waals surface area contributed by atoms with Gasteiger partial charge in [-0.1, -0.05) is 0 Å². The van der Waals surface area contributed by atoms with Crippen molar-refractivity contribution in [3.8, 4) is 0 Å². The van der Waals surface area contributed by atoms with Crippen LogP contribution in [-0.2, 0) is 0 Å². The molecule has 1 saturated heterocycles. The molecule has 1 aliphatic rings. The first kappa shape index (κ1) is 13.6. The van der Waals surface area contributed by atoms with Gasteiger partial charge in [-0.2, -0.15) is 0 Å². The minimum atomic E-state index is 0.0316. The van der Waals surface area contributed by atoms with E-state index >= 15 is 0 Å². The molecule has 1 aromatic carbocycles. The van der Waals surface area contributed by atoms with Crippen molar-refractivity contribution < 1.29 is 4.79 Å². The fourth-order valence-electron chi connectivity index (χ4n) is 3.02. The number of hydrogen-bond acceptors (Lipinski definition) is 3. The second-order valence-corrected chi connectivity index (χ2v) is 6.54. The molecular formula is C16H20N2OS. The lowest BCUT2D eigenvalue weighted by atomic mass is 9.96. The highest BCUT2D eigenvalue weighted by Crippen LogP contribution is 2.25. The van der Waals surface area contributed by atoms with Gasteiger partial charge in [-0.25, -0.2) is 0 Å². The topological polar surface area (TPSA) is 46.3 Å². The Balaban J connectivity index is 1.89. The monoisotopic (exact) mass is 288 g/mol. The lowest BCUT2D eigenvalue weighted by Gasteiger charge is -2.38. The van der Waals surface area contributed by atoms with Gasteiger partial charge in [0.05, 0.1) is 0 Å². The van der Waals surface area contributed by atoms with Gasteiger partial charge < -0.3 is 10.6 Å². The molecule has 3 rings (SSSR count). The van der Waals surface area contributed by atoms with E-state index in [0.717, 1.165) is 30.3 Å². The maximum atomic E-state index is 12.8. The van der Waals surface area contributed by atoms with Crippen LogP contribution >= 0.6 is 11.3 Å². The Labute approximate surface area is 123 Å². The van der Waals surface area contributed by atoms with Crippen LogP contribution in [0.1, 0.15) is 36.5 Å². The molecule has 1 aliphatic heterocycles. The summed E-state index contributed by atoms with van der Waals surface area (Å²) < 4.78 is 1.23. The molecule has 4 heteroatoms. The van der Waals surface area contributed by atoms with Gasteiger partial charge in [0, 0.05) is 28.9 Å². The smallest absolute Gasteiger partial charge is 0.254 e. The number of benzene rings is 1. The molecule has 3 nitrogen and oxygen atoms in total. The minimum absolute atomic E-state index is 0.0316. The van der Waals surface area contributed by atoms with Crippen molar-refractivity contribution in [1.29, 1.82) is 0 Å². The summed E-state index contributed by atoms with van der Waals surface area (Å²) in [4.78, 5) is 14.7. The molecule has 2 heterocycles. The van der Waals surface area contributed by atoms with Crippen LogP contribution in [0, 0.1) is 0 Å². The number of hydrogen-bond donors (Lipinski definition) is 1. The van der Waals surface area contributed by atoms with E-state index in [1.54, 1.807) is 11.3 Å². The van der Waals surface area contributed by atoms with Crippen LogP contribution in [0.25, 0.3) is 10.1 Å². The molecule has 2 N–H and O–H groups in total. The van der Waals surface area contributed by atoms with Gasteiger partial charge in [0.1, 0.15) is 0 Å². The second kappa shape index (κ2) is 5.54. The first-order valence-corrected chi connectivity index (χ1v) is 8.08. The molecule has 1 fully saturated rings. The molecule has 0 radical (unpaired) electrons. The molecule has 0 saturated carbocycles. The Morgan fingerprint density at radius 2 is 2.25 bits per heavy atom. The predicted octanol–water partition coefficient (Wildman–Crippen LogP) is 3.24. The second-order valence-electron chi connectivity index (χ2n) is 5.59. The molecule has 0 bridgehead atoms. The number of thiophene rings is 1. The van der Waals surface area contributed by atoms with E-state index in [9.17, 15) is 4.79 Å². The normalized spacial score (nSPS) is 21.1. The summed E-state index contributed by atoms with van der Waals surface area (Å²) >= 11 is 1.70. The summed E-state index contributed by atoms with van der Waals surface area (Å²) in [6.45, 7) is 2.82. The van der Waals surface area contributed by atoms with E-state index in [0.29, 0.717) is 0 Å². The van der Waals surface area contributed by atoms with Gasteiger partial charge in [-0.15, -0.1) is 11.3 Å². The highest BCUT2D eigenvalue weighted by Gasteiger charge is 2.29. The number of likely N-dealkylation sites (tertiary alicyclic amines) is 1. The third-order valence-electron chi connectivity index (χ3n) is 4.12. The van der Waals surface area contributed by atoms with E-state index in [1.807, 2.05) is 30.0 Å². The van der Waals surface area contributed by atoms with Crippen LogP contribution in [0.5, 0.6) is 0 Å². The minimum Gasteiger partial charge on any atom is -0.334 e. The van der Waals surface area contributed by atoms with Crippen LogP contribution in [0.15, 0.2) is 29.6 Å². The van der Waals surface area contributed by atoms with Crippen LogP contribution in [0.4, 0.5) is 0 Å². The highest BCUT2D eigenvalue weighted by molar-refractivity contribution is 7.17. The largest absolute Gasteiger partial charge is 0.334 e. The Bertz CT molecular complexity index is 620. The summed E-state index contributed by atoms with van der Waals surface area (Å²) in [5.74, 6) is 0.125. The zero-order chi connectivity index (χ0) is 14.1. The van der Waals surface area contributed by atoms with E-state index in [1.165, 1.54) is 11.1 Å². The highest BCUT2D eigenvalue weighted by atomic mass is 32.1. The molecule has 20 heavy (non-hydrogen) atoms. The molecule has 0 spiro atoms. The van der Waals surface area contributed by atoms with Gasteiger partial charge in [-0.3, -0.25) is 4.79 Å². The number of fused-ring (bicyclic) bond motifs is 1. The third kappa shape index (κ3) is 2.45. The number of rotatable bonds is 2. The van der Waals surface area contributed by atoms with E-state index in [-0.39, 0.29) is 18.0 Å². The Hall–Kier alpha value is -1.39. The molecular weight excluding hydrogens is 268 g/mol. The van der Waals surface area contributed by atoms with Crippen molar-refractivity contribution in [3.05, 3.63) is 35.2 Å². The maximum absolute atomic E-state index is 12.8. The van der Waals surface area contributed by atoms with E-state index < -0.39 is 0 Å². The van der Waals surface area contributed by atoms with Crippen LogP contribution in [0.2, 0.25) is 0 Å². The van der Waals surface area contributed by atoms with Gasteiger partial charge in [0.15, 0.2) is 0 Å². The van der Waals surface area contributed by atoms with Crippen molar-refractivity contribution in [3.63, 3.8) is 0 Å². The number of carbonyl (C=O) groups is 1. The summed E-state index contributed by atoms with van der Waals surface area (Å²) in [5, 5.41) is 3.21. The first-order chi connectivity index (χ1) is 9.66.